The van der Waals surface area contributed by atoms with E-state index in [1.165, 1.54) is 76.6 Å². The molecule has 4 aromatic rings. The smallest absolute Gasteiger partial charge is 0.418 e. The van der Waals surface area contributed by atoms with Gasteiger partial charge in [-0.25, -0.2) is 17.6 Å². The fraction of sp³-hybridized carbons (Fsp3) is 0.625. The van der Waals surface area contributed by atoms with Crippen LogP contribution in [0.5, 0.6) is 23.0 Å². The van der Waals surface area contributed by atoms with E-state index < -0.39 is 162 Å². The Morgan fingerprint density at radius 3 is 0.734 bits per heavy atom. The second kappa shape index (κ2) is 29.7. The maximum atomic E-state index is 13.8. The SMILES string of the molecule is CSC[C@@](O)(CC(C)(C)c1cc(F)cc2c1OCC2)C(F)(F)F.CSC[C@](O)(CC(C)(C)c1cc(F)cc2c1OCC2)C(F)(F)F.C[S@@](=O)C[C@@](O)(CC(C)(C)c1cc(F)cc2c1OCC2)C(F)(F)F.C[S@](=O)C[C@](O)(CC(C)(C)c1cc(F)cc2c1OCC2)C(F)(F)F. The molecule has 10 nitrogen and oxygen atoms in total. The lowest BCUT2D eigenvalue weighted by molar-refractivity contribution is -0.257. The molecule has 4 heterocycles. The van der Waals surface area contributed by atoms with Gasteiger partial charge in [-0.05, 0) is 108 Å². The lowest BCUT2D eigenvalue weighted by atomic mass is 9.74. The molecule has 0 saturated carbocycles. The summed E-state index contributed by atoms with van der Waals surface area (Å²) in [5, 5.41) is 40.7. The quantitative estimate of drug-likeness (QED) is 0.0623. The lowest BCUT2D eigenvalue weighted by Gasteiger charge is -2.38. The molecule has 30 heteroatoms. The Kier molecular flexibility index (Phi) is 25.4. The van der Waals surface area contributed by atoms with Crippen molar-refractivity contribution in [1.29, 1.82) is 0 Å². The number of alkyl halides is 12. The molecular formula is C64H80F16O10S4. The number of ether oxygens (including phenoxy) is 4. The van der Waals surface area contributed by atoms with Gasteiger partial charge in [0.15, 0.2) is 22.4 Å². The highest BCUT2D eigenvalue weighted by molar-refractivity contribution is 7.98. The topological polar surface area (TPSA) is 152 Å². The molecule has 4 aliphatic rings. The highest BCUT2D eigenvalue weighted by atomic mass is 32.2. The summed E-state index contributed by atoms with van der Waals surface area (Å²) in [6.45, 7) is 13.7. The predicted octanol–water partition coefficient (Wildman–Crippen LogP) is 14.4. The highest BCUT2D eigenvalue weighted by Gasteiger charge is 2.60. The molecule has 8 rings (SSSR count). The zero-order valence-electron chi connectivity index (χ0n) is 53.9. The van der Waals surface area contributed by atoms with Crippen LogP contribution in [0.2, 0.25) is 0 Å². The van der Waals surface area contributed by atoms with Crippen molar-refractivity contribution in [1.82, 2.24) is 0 Å². The lowest BCUT2D eigenvalue weighted by Crippen LogP contribution is -2.52. The van der Waals surface area contributed by atoms with Crippen molar-refractivity contribution in [2.75, 3.05) is 74.5 Å². The largest absolute Gasteiger partial charge is 0.493 e. The molecule has 4 aliphatic heterocycles. The molecule has 94 heavy (non-hydrogen) atoms. The fourth-order valence-electron chi connectivity index (χ4n) is 12.5. The van der Waals surface area contributed by atoms with Gasteiger partial charge in [0.1, 0.15) is 46.3 Å². The Bertz CT molecular complexity index is 3140. The van der Waals surface area contributed by atoms with Crippen LogP contribution in [0.3, 0.4) is 0 Å². The molecule has 4 aromatic carbocycles. The molecule has 0 unspecified atom stereocenters. The van der Waals surface area contributed by atoms with Crippen LogP contribution in [0.15, 0.2) is 48.5 Å². The van der Waals surface area contributed by atoms with Crippen LogP contribution in [-0.4, -0.2) is 150 Å². The monoisotopic (exact) mass is 1440 g/mol. The summed E-state index contributed by atoms with van der Waals surface area (Å²) in [7, 11) is -3.70. The summed E-state index contributed by atoms with van der Waals surface area (Å²) in [6.07, 6.45) is -14.8. The van der Waals surface area contributed by atoms with Crippen LogP contribution in [-0.2, 0) is 68.9 Å². The zero-order valence-corrected chi connectivity index (χ0v) is 57.1. The zero-order chi connectivity index (χ0) is 71.6. The van der Waals surface area contributed by atoms with E-state index in [0.29, 0.717) is 108 Å². The van der Waals surface area contributed by atoms with Gasteiger partial charge in [0.25, 0.3) is 0 Å². The van der Waals surface area contributed by atoms with Gasteiger partial charge in [-0.3, -0.25) is 8.42 Å². The van der Waals surface area contributed by atoms with Gasteiger partial charge in [-0.1, -0.05) is 55.4 Å². The molecule has 6 atom stereocenters. The molecule has 0 aromatic heterocycles. The van der Waals surface area contributed by atoms with Crippen LogP contribution < -0.4 is 18.9 Å². The van der Waals surface area contributed by atoms with Gasteiger partial charge in [0.2, 0.25) is 0 Å². The summed E-state index contributed by atoms with van der Waals surface area (Å²) < 4.78 is 260. The minimum Gasteiger partial charge on any atom is -0.493 e. The van der Waals surface area contributed by atoms with Crippen molar-refractivity contribution in [2.24, 2.45) is 0 Å². The Morgan fingerprint density at radius 1 is 0.372 bits per heavy atom. The third-order valence-corrected chi connectivity index (χ3v) is 19.9. The van der Waals surface area contributed by atoms with Crippen LogP contribution in [0.4, 0.5) is 70.2 Å². The third-order valence-electron chi connectivity index (χ3n) is 16.6. The normalized spacial score (nSPS) is 18.1. The van der Waals surface area contributed by atoms with Crippen molar-refractivity contribution in [3.8, 4) is 23.0 Å². The van der Waals surface area contributed by atoms with Crippen LogP contribution in [0, 0.1) is 23.3 Å². The molecule has 0 aliphatic carbocycles. The first-order valence-corrected chi connectivity index (χ1v) is 35.5. The van der Waals surface area contributed by atoms with E-state index in [9.17, 15) is 99.1 Å². The maximum Gasteiger partial charge on any atom is 0.418 e. The first kappa shape index (κ1) is 80.5. The van der Waals surface area contributed by atoms with E-state index in [-0.39, 0.29) is 11.1 Å². The van der Waals surface area contributed by atoms with Crippen molar-refractivity contribution in [3.63, 3.8) is 0 Å². The minimum absolute atomic E-state index is 0.277. The van der Waals surface area contributed by atoms with Gasteiger partial charge in [-0.15, -0.1) is 0 Å². The molecule has 532 valence electrons. The van der Waals surface area contributed by atoms with Crippen molar-refractivity contribution in [3.05, 3.63) is 116 Å². The highest BCUT2D eigenvalue weighted by Crippen LogP contribution is 2.51. The van der Waals surface area contributed by atoms with Crippen LogP contribution >= 0.6 is 23.5 Å². The van der Waals surface area contributed by atoms with Gasteiger partial charge >= 0.3 is 24.7 Å². The van der Waals surface area contributed by atoms with Gasteiger partial charge in [-0.2, -0.15) is 76.2 Å². The summed E-state index contributed by atoms with van der Waals surface area (Å²) in [4.78, 5) is 0. The predicted molar refractivity (Wildman–Crippen MR) is 332 cm³/mol. The van der Waals surface area contributed by atoms with E-state index in [2.05, 4.69) is 0 Å². The second-order valence-electron chi connectivity index (χ2n) is 26.8. The standard InChI is InChI=1S/2C16H20F4O3S.2C16H20F4O2S/c2*1-14(2,8-15(21,9-24(3)22)16(18,19)20)12-7-11(17)6-10-4-5-23-13(10)12;2*1-14(2,8-15(21,9-23-3)16(18,19)20)12-7-11(17)6-10-4-5-22-13(10)12/h2*6-7,21H,4-5,8-9H2,1-3H3;2*6-7,21H,4-5,8-9H2,1-3H3/t2*15-,24+;2*15-/m1010/s1. The van der Waals surface area contributed by atoms with E-state index in [1.807, 2.05) is 0 Å². The van der Waals surface area contributed by atoms with E-state index in [1.54, 1.807) is 27.7 Å². The molecule has 4 N–H and O–H groups in total. The molecular weight excluding hydrogens is 1360 g/mol. The number of benzene rings is 4. The summed E-state index contributed by atoms with van der Waals surface area (Å²) in [6, 6.07) is 10.0. The van der Waals surface area contributed by atoms with E-state index in [4.69, 9.17) is 18.9 Å². The first-order chi connectivity index (χ1) is 42.7. The number of aliphatic hydroxyl groups is 4. The van der Waals surface area contributed by atoms with Gasteiger partial charge < -0.3 is 39.4 Å². The Labute approximate surface area is 549 Å². The number of hydrogen-bond acceptors (Lipinski definition) is 12. The summed E-state index contributed by atoms with van der Waals surface area (Å²) >= 11 is 1.85. The van der Waals surface area contributed by atoms with Crippen molar-refractivity contribution < 1.29 is 118 Å². The average Bonchev–Trinajstić information content (AvgIpc) is 1.31. The van der Waals surface area contributed by atoms with Crippen LogP contribution in [0.25, 0.3) is 0 Å². The van der Waals surface area contributed by atoms with Crippen LogP contribution in [0.1, 0.15) is 126 Å². The Hall–Kier alpha value is -4.20. The van der Waals surface area contributed by atoms with Gasteiger partial charge in [0.05, 0.1) is 37.9 Å². The van der Waals surface area contributed by atoms with Gasteiger partial charge in [0, 0.05) is 116 Å². The number of hydrogen-bond donors (Lipinski definition) is 4. The van der Waals surface area contributed by atoms with Crippen molar-refractivity contribution >= 4 is 45.1 Å². The maximum absolute atomic E-state index is 13.8. The molecule has 0 amide bonds. The Morgan fingerprint density at radius 2 is 0.564 bits per heavy atom. The number of thioether (sulfide) groups is 2. The fourth-order valence-corrected chi connectivity index (χ4v) is 15.8. The first-order valence-electron chi connectivity index (χ1n) is 29.3. The average molecular weight is 1440 g/mol. The minimum atomic E-state index is -4.95. The number of halogens is 16. The summed E-state index contributed by atoms with van der Waals surface area (Å²) in [5.41, 5.74) is -12.8. The molecule has 0 fully saturated rings. The second-order valence-corrected chi connectivity index (χ2v) is 31.4. The number of rotatable bonds is 20. The molecule has 0 saturated heterocycles. The van der Waals surface area contributed by atoms with Crippen molar-refractivity contribution in [2.45, 2.75) is 176 Å². The third kappa shape index (κ3) is 19.2. The molecule has 0 radical (unpaired) electrons. The van der Waals surface area contributed by atoms with E-state index in [0.717, 1.165) is 48.2 Å². The summed E-state index contributed by atoms with van der Waals surface area (Å²) in [5.74, 6) is -3.28. The molecule has 0 bridgehead atoms. The Balaban J connectivity index is 0.000000227. The molecule has 0 spiro atoms. The number of fused-ring (bicyclic) bond motifs is 4. The van der Waals surface area contributed by atoms with E-state index >= 15 is 0 Å².